The van der Waals surface area contributed by atoms with Crippen LogP contribution in [0.2, 0.25) is 5.02 Å². The fraction of sp³-hybridized carbons (Fsp3) is 0.231. The van der Waals surface area contributed by atoms with E-state index in [1.807, 2.05) is 30.3 Å². The van der Waals surface area contributed by atoms with Gasteiger partial charge < -0.3 is 15.7 Å². The molecule has 2 aromatic rings. The largest absolute Gasteiger partial charge is 0.394 e. The lowest BCUT2D eigenvalue weighted by atomic mass is 10.1. The summed E-state index contributed by atoms with van der Waals surface area (Å²) in [6, 6.07) is 9.36. The lowest BCUT2D eigenvalue weighted by Gasteiger charge is -2.18. The highest BCUT2D eigenvalue weighted by Crippen LogP contribution is 2.24. The quantitative estimate of drug-likeness (QED) is 0.783. The summed E-state index contributed by atoms with van der Waals surface area (Å²) in [4.78, 5) is 8.23. The van der Waals surface area contributed by atoms with E-state index in [9.17, 15) is 5.11 Å². The van der Waals surface area contributed by atoms with Gasteiger partial charge in [-0.2, -0.15) is 4.98 Å². The lowest BCUT2D eigenvalue weighted by Crippen LogP contribution is -2.16. The van der Waals surface area contributed by atoms with Gasteiger partial charge in [-0.15, -0.1) is 0 Å². The van der Waals surface area contributed by atoms with E-state index in [2.05, 4.69) is 20.6 Å². The van der Waals surface area contributed by atoms with Crippen molar-refractivity contribution in [2.45, 2.75) is 6.04 Å². The number of aliphatic hydroxyl groups is 1. The Morgan fingerprint density at radius 2 is 2.05 bits per heavy atom. The van der Waals surface area contributed by atoms with Crippen molar-refractivity contribution < 1.29 is 5.11 Å². The highest BCUT2D eigenvalue weighted by atomic mass is 35.5. The van der Waals surface area contributed by atoms with Crippen LogP contribution in [0.4, 0.5) is 11.8 Å². The van der Waals surface area contributed by atoms with Gasteiger partial charge in [0.2, 0.25) is 5.95 Å². The molecule has 0 fully saturated rings. The van der Waals surface area contributed by atoms with Gasteiger partial charge in [0.25, 0.3) is 0 Å². The summed E-state index contributed by atoms with van der Waals surface area (Å²) in [6.45, 7) is -0.0563. The summed E-state index contributed by atoms with van der Waals surface area (Å²) < 4.78 is 0. The normalized spacial score (nSPS) is 11.9. The van der Waals surface area contributed by atoms with E-state index in [1.165, 1.54) is 6.20 Å². The average Bonchev–Trinajstić information content (AvgIpc) is 2.47. The van der Waals surface area contributed by atoms with Crippen molar-refractivity contribution in [3.63, 3.8) is 0 Å². The van der Waals surface area contributed by atoms with Crippen LogP contribution in [0.3, 0.4) is 0 Å². The molecule has 0 spiro atoms. The molecule has 1 atom stereocenters. The van der Waals surface area contributed by atoms with Gasteiger partial charge in [0.15, 0.2) is 5.82 Å². The zero-order valence-electron chi connectivity index (χ0n) is 10.5. The van der Waals surface area contributed by atoms with E-state index in [0.29, 0.717) is 16.8 Å². The molecule has 1 unspecified atom stereocenters. The first kappa shape index (κ1) is 13.6. The lowest BCUT2D eigenvalue weighted by molar-refractivity contribution is 0.276. The van der Waals surface area contributed by atoms with Crippen LogP contribution in [-0.2, 0) is 0 Å². The molecule has 0 aliphatic rings. The SMILES string of the molecule is CNc1ncc(Cl)c(NC(CO)c2ccccc2)n1. The molecular formula is C13H15ClN4O. The Balaban J connectivity index is 2.23. The molecule has 0 amide bonds. The standard InChI is InChI=1S/C13H15ClN4O/c1-15-13-16-7-10(14)12(18-13)17-11(8-19)9-5-3-2-4-6-9/h2-7,11,19H,8H2,1H3,(H2,15,16,17,18). The molecule has 0 bridgehead atoms. The van der Waals surface area contributed by atoms with Crippen molar-refractivity contribution in [1.29, 1.82) is 0 Å². The molecule has 0 aliphatic carbocycles. The van der Waals surface area contributed by atoms with Crippen LogP contribution >= 0.6 is 11.6 Å². The molecular weight excluding hydrogens is 264 g/mol. The van der Waals surface area contributed by atoms with Crippen molar-refractivity contribution in [1.82, 2.24) is 9.97 Å². The van der Waals surface area contributed by atoms with Gasteiger partial charge in [0.05, 0.1) is 18.8 Å². The summed E-state index contributed by atoms with van der Waals surface area (Å²) in [5.41, 5.74) is 0.964. The van der Waals surface area contributed by atoms with Crippen LogP contribution in [0.5, 0.6) is 0 Å². The van der Waals surface area contributed by atoms with Crippen LogP contribution in [0.1, 0.15) is 11.6 Å². The fourth-order valence-corrected chi connectivity index (χ4v) is 1.82. The number of aromatic nitrogens is 2. The summed E-state index contributed by atoms with van der Waals surface area (Å²) in [6.07, 6.45) is 1.52. The molecule has 6 heteroatoms. The molecule has 0 aliphatic heterocycles. The van der Waals surface area contributed by atoms with Crippen molar-refractivity contribution >= 4 is 23.4 Å². The van der Waals surface area contributed by atoms with E-state index in [-0.39, 0.29) is 12.6 Å². The van der Waals surface area contributed by atoms with Gasteiger partial charge in [-0.3, -0.25) is 0 Å². The monoisotopic (exact) mass is 278 g/mol. The molecule has 0 radical (unpaired) electrons. The zero-order chi connectivity index (χ0) is 13.7. The van der Waals surface area contributed by atoms with Crippen LogP contribution in [0, 0.1) is 0 Å². The Labute approximate surface area is 116 Å². The van der Waals surface area contributed by atoms with E-state index in [0.717, 1.165) is 5.56 Å². The number of aliphatic hydroxyl groups excluding tert-OH is 1. The fourth-order valence-electron chi connectivity index (χ4n) is 1.67. The molecule has 2 rings (SSSR count). The molecule has 1 aromatic carbocycles. The summed E-state index contributed by atoms with van der Waals surface area (Å²) in [5.74, 6) is 0.959. The molecule has 3 N–H and O–H groups in total. The van der Waals surface area contributed by atoms with Gasteiger partial charge in [0.1, 0.15) is 5.02 Å². The molecule has 1 aromatic heterocycles. The number of hydrogen-bond donors (Lipinski definition) is 3. The summed E-state index contributed by atoms with van der Waals surface area (Å²) >= 11 is 6.04. The Kier molecular flexibility index (Phi) is 4.54. The minimum absolute atomic E-state index is 0.0563. The summed E-state index contributed by atoms with van der Waals surface area (Å²) in [7, 11) is 1.73. The van der Waals surface area contributed by atoms with Gasteiger partial charge in [-0.05, 0) is 5.56 Å². The number of halogens is 1. The maximum atomic E-state index is 9.49. The summed E-state index contributed by atoms with van der Waals surface area (Å²) in [5, 5.41) is 15.9. The van der Waals surface area contributed by atoms with Crippen LogP contribution < -0.4 is 10.6 Å². The number of benzene rings is 1. The topological polar surface area (TPSA) is 70.1 Å². The van der Waals surface area contributed by atoms with E-state index in [1.54, 1.807) is 7.05 Å². The molecule has 0 saturated heterocycles. The van der Waals surface area contributed by atoms with Crippen molar-refractivity contribution in [2.24, 2.45) is 0 Å². The highest BCUT2D eigenvalue weighted by Gasteiger charge is 2.13. The number of anilines is 2. The first-order valence-corrected chi connectivity index (χ1v) is 6.25. The molecule has 1 heterocycles. The third-order valence-electron chi connectivity index (χ3n) is 2.66. The number of nitrogens with one attached hydrogen (secondary N) is 2. The second kappa shape index (κ2) is 6.36. The Hall–Kier alpha value is -1.85. The Morgan fingerprint density at radius 3 is 2.68 bits per heavy atom. The van der Waals surface area contributed by atoms with Crippen molar-refractivity contribution in [3.8, 4) is 0 Å². The second-order valence-corrected chi connectivity index (χ2v) is 4.34. The van der Waals surface area contributed by atoms with Crippen LogP contribution in [0.15, 0.2) is 36.5 Å². The van der Waals surface area contributed by atoms with Crippen LogP contribution in [-0.4, -0.2) is 28.7 Å². The number of nitrogens with zero attached hydrogens (tertiary/aromatic N) is 2. The first-order chi connectivity index (χ1) is 9.24. The third kappa shape index (κ3) is 3.33. The maximum Gasteiger partial charge on any atom is 0.224 e. The minimum Gasteiger partial charge on any atom is -0.394 e. The van der Waals surface area contributed by atoms with E-state index in [4.69, 9.17) is 11.6 Å². The van der Waals surface area contributed by atoms with Crippen LogP contribution in [0.25, 0.3) is 0 Å². The Morgan fingerprint density at radius 1 is 1.32 bits per heavy atom. The molecule has 100 valence electrons. The highest BCUT2D eigenvalue weighted by molar-refractivity contribution is 6.32. The predicted octanol–water partition coefficient (Wildman–Crippen LogP) is 2.32. The van der Waals surface area contributed by atoms with Gasteiger partial charge in [-0.25, -0.2) is 4.98 Å². The van der Waals surface area contributed by atoms with E-state index >= 15 is 0 Å². The minimum atomic E-state index is -0.265. The molecule has 0 saturated carbocycles. The van der Waals surface area contributed by atoms with E-state index < -0.39 is 0 Å². The Bertz CT molecular complexity index is 535. The van der Waals surface area contributed by atoms with Crippen molar-refractivity contribution in [2.75, 3.05) is 24.3 Å². The number of hydrogen-bond acceptors (Lipinski definition) is 5. The third-order valence-corrected chi connectivity index (χ3v) is 2.94. The smallest absolute Gasteiger partial charge is 0.224 e. The van der Waals surface area contributed by atoms with Gasteiger partial charge in [0, 0.05) is 7.05 Å². The predicted molar refractivity (Wildman–Crippen MR) is 76.5 cm³/mol. The maximum absolute atomic E-state index is 9.49. The van der Waals surface area contributed by atoms with Gasteiger partial charge in [-0.1, -0.05) is 41.9 Å². The molecule has 5 nitrogen and oxygen atoms in total. The average molecular weight is 279 g/mol. The molecule has 19 heavy (non-hydrogen) atoms. The number of rotatable bonds is 5. The zero-order valence-corrected chi connectivity index (χ0v) is 11.2. The van der Waals surface area contributed by atoms with Crippen molar-refractivity contribution in [3.05, 3.63) is 47.1 Å². The second-order valence-electron chi connectivity index (χ2n) is 3.93. The first-order valence-electron chi connectivity index (χ1n) is 5.87. The van der Waals surface area contributed by atoms with Gasteiger partial charge >= 0.3 is 0 Å².